The zero-order valence-electron chi connectivity index (χ0n) is 11.5. The Kier molecular flexibility index (Phi) is 4.79. The van der Waals surface area contributed by atoms with Crippen LogP contribution in [0.1, 0.15) is 19.8 Å². The standard InChI is InChI=1S/C13H23N5O/c1-11(19)15-8-12-2-4-17(5-3-12)6-7-18-10-13(14)9-16-18/h9-10,12H,2-8,14H2,1H3,(H,15,19). The van der Waals surface area contributed by atoms with Crippen LogP contribution in [-0.2, 0) is 11.3 Å². The summed E-state index contributed by atoms with van der Waals surface area (Å²) in [4.78, 5) is 13.3. The van der Waals surface area contributed by atoms with E-state index in [1.165, 1.54) is 0 Å². The van der Waals surface area contributed by atoms with Gasteiger partial charge in [-0.15, -0.1) is 0 Å². The number of carbonyl (C=O) groups is 1. The first-order chi connectivity index (χ1) is 9.13. The zero-order chi connectivity index (χ0) is 13.7. The van der Waals surface area contributed by atoms with Gasteiger partial charge in [0.15, 0.2) is 0 Å². The number of nitrogens with zero attached hydrogens (tertiary/aromatic N) is 3. The Morgan fingerprint density at radius 1 is 1.47 bits per heavy atom. The van der Waals surface area contributed by atoms with E-state index in [0.717, 1.165) is 45.6 Å². The van der Waals surface area contributed by atoms with Crippen molar-refractivity contribution in [2.45, 2.75) is 26.3 Å². The summed E-state index contributed by atoms with van der Waals surface area (Å²) in [6.07, 6.45) is 5.85. The number of anilines is 1. The molecule has 6 nitrogen and oxygen atoms in total. The summed E-state index contributed by atoms with van der Waals surface area (Å²) in [7, 11) is 0. The summed E-state index contributed by atoms with van der Waals surface area (Å²) in [5.41, 5.74) is 6.35. The van der Waals surface area contributed by atoms with Crippen molar-refractivity contribution in [2.75, 3.05) is 31.9 Å². The highest BCUT2D eigenvalue weighted by Crippen LogP contribution is 2.16. The van der Waals surface area contributed by atoms with Gasteiger partial charge in [0.05, 0.1) is 18.4 Å². The third-order valence-corrected chi connectivity index (χ3v) is 3.65. The summed E-state index contributed by atoms with van der Waals surface area (Å²) < 4.78 is 1.89. The topological polar surface area (TPSA) is 76.2 Å². The van der Waals surface area contributed by atoms with Crippen molar-refractivity contribution in [1.82, 2.24) is 20.0 Å². The number of piperidine rings is 1. The van der Waals surface area contributed by atoms with Crippen LogP contribution in [0.2, 0.25) is 0 Å². The fourth-order valence-corrected chi connectivity index (χ4v) is 2.45. The fourth-order valence-electron chi connectivity index (χ4n) is 2.45. The quantitative estimate of drug-likeness (QED) is 0.803. The predicted octanol–water partition coefficient (Wildman–Crippen LogP) is 0.313. The number of carbonyl (C=O) groups excluding carboxylic acids is 1. The third kappa shape index (κ3) is 4.55. The number of aromatic nitrogens is 2. The molecule has 1 aliphatic rings. The smallest absolute Gasteiger partial charge is 0.216 e. The molecule has 1 aliphatic heterocycles. The van der Waals surface area contributed by atoms with Gasteiger partial charge in [-0.2, -0.15) is 5.10 Å². The molecule has 0 unspecified atom stereocenters. The lowest BCUT2D eigenvalue weighted by Crippen LogP contribution is -2.39. The van der Waals surface area contributed by atoms with Gasteiger partial charge in [-0.05, 0) is 31.8 Å². The van der Waals surface area contributed by atoms with E-state index in [9.17, 15) is 4.79 Å². The number of hydrogen-bond acceptors (Lipinski definition) is 4. The number of nitrogens with two attached hydrogens (primary N) is 1. The van der Waals surface area contributed by atoms with Crippen molar-refractivity contribution in [2.24, 2.45) is 5.92 Å². The second kappa shape index (κ2) is 6.56. The minimum atomic E-state index is 0.0682. The van der Waals surface area contributed by atoms with Crippen LogP contribution in [0, 0.1) is 5.92 Å². The molecule has 0 bridgehead atoms. The summed E-state index contributed by atoms with van der Waals surface area (Å²) >= 11 is 0. The van der Waals surface area contributed by atoms with E-state index in [4.69, 9.17) is 5.73 Å². The van der Waals surface area contributed by atoms with Crippen LogP contribution in [0.25, 0.3) is 0 Å². The van der Waals surface area contributed by atoms with Crippen molar-refractivity contribution >= 4 is 11.6 Å². The van der Waals surface area contributed by atoms with Gasteiger partial charge in [-0.3, -0.25) is 9.48 Å². The summed E-state index contributed by atoms with van der Waals surface area (Å²) in [5.74, 6) is 0.694. The number of likely N-dealkylation sites (tertiary alicyclic amines) is 1. The maximum Gasteiger partial charge on any atom is 0.216 e. The summed E-state index contributed by atoms with van der Waals surface area (Å²) in [5, 5.41) is 7.09. The van der Waals surface area contributed by atoms with E-state index in [2.05, 4.69) is 15.3 Å². The van der Waals surface area contributed by atoms with Gasteiger partial charge >= 0.3 is 0 Å². The number of amides is 1. The van der Waals surface area contributed by atoms with E-state index in [1.807, 2.05) is 10.9 Å². The lowest BCUT2D eigenvalue weighted by atomic mass is 9.97. The first-order valence-electron chi connectivity index (χ1n) is 6.88. The van der Waals surface area contributed by atoms with Crippen molar-refractivity contribution in [3.05, 3.63) is 12.4 Å². The minimum Gasteiger partial charge on any atom is -0.396 e. The van der Waals surface area contributed by atoms with E-state index in [1.54, 1.807) is 13.1 Å². The molecule has 3 N–H and O–H groups in total. The summed E-state index contributed by atoms with van der Waals surface area (Å²) in [6, 6.07) is 0. The molecule has 0 aromatic carbocycles. The lowest BCUT2D eigenvalue weighted by Gasteiger charge is -2.31. The van der Waals surface area contributed by atoms with E-state index in [0.29, 0.717) is 11.6 Å². The average Bonchev–Trinajstić information content (AvgIpc) is 2.81. The molecule has 0 atom stereocenters. The Hall–Kier alpha value is -1.56. The van der Waals surface area contributed by atoms with Gasteiger partial charge in [0.2, 0.25) is 5.91 Å². The van der Waals surface area contributed by atoms with Crippen LogP contribution in [0.5, 0.6) is 0 Å². The van der Waals surface area contributed by atoms with Crippen LogP contribution < -0.4 is 11.1 Å². The molecule has 2 rings (SSSR count). The van der Waals surface area contributed by atoms with Gasteiger partial charge < -0.3 is 16.0 Å². The number of hydrogen-bond donors (Lipinski definition) is 2. The lowest BCUT2D eigenvalue weighted by molar-refractivity contribution is -0.119. The summed E-state index contributed by atoms with van der Waals surface area (Å²) in [6.45, 7) is 6.48. The van der Waals surface area contributed by atoms with Gasteiger partial charge in [-0.25, -0.2) is 0 Å². The normalized spacial score (nSPS) is 17.5. The molecule has 106 valence electrons. The van der Waals surface area contributed by atoms with Crippen LogP contribution >= 0.6 is 0 Å². The molecule has 1 aromatic rings. The van der Waals surface area contributed by atoms with Crippen molar-refractivity contribution in [1.29, 1.82) is 0 Å². The average molecular weight is 265 g/mol. The molecule has 1 saturated heterocycles. The Morgan fingerprint density at radius 2 is 2.21 bits per heavy atom. The molecule has 6 heteroatoms. The second-order valence-electron chi connectivity index (χ2n) is 5.26. The van der Waals surface area contributed by atoms with Gasteiger partial charge in [-0.1, -0.05) is 0 Å². The highest BCUT2D eigenvalue weighted by molar-refractivity contribution is 5.72. The van der Waals surface area contributed by atoms with Crippen LogP contribution in [-0.4, -0.2) is 46.8 Å². The van der Waals surface area contributed by atoms with Gasteiger partial charge in [0, 0.05) is 26.2 Å². The van der Waals surface area contributed by atoms with Crippen LogP contribution in [0.3, 0.4) is 0 Å². The number of rotatable bonds is 5. The molecule has 0 saturated carbocycles. The van der Waals surface area contributed by atoms with Crippen molar-refractivity contribution in [3.63, 3.8) is 0 Å². The second-order valence-corrected chi connectivity index (χ2v) is 5.26. The van der Waals surface area contributed by atoms with E-state index >= 15 is 0 Å². The molecule has 1 fully saturated rings. The molecule has 0 spiro atoms. The highest BCUT2D eigenvalue weighted by atomic mass is 16.1. The molecule has 2 heterocycles. The van der Waals surface area contributed by atoms with Crippen molar-refractivity contribution < 1.29 is 4.79 Å². The maximum absolute atomic E-state index is 10.9. The molecule has 0 radical (unpaired) electrons. The van der Waals surface area contributed by atoms with Crippen LogP contribution in [0.15, 0.2) is 12.4 Å². The van der Waals surface area contributed by atoms with E-state index in [-0.39, 0.29) is 5.91 Å². The van der Waals surface area contributed by atoms with Gasteiger partial charge in [0.1, 0.15) is 0 Å². The Balaban J connectivity index is 1.64. The van der Waals surface area contributed by atoms with Gasteiger partial charge in [0.25, 0.3) is 0 Å². The SMILES string of the molecule is CC(=O)NCC1CCN(CCn2cc(N)cn2)CC1. The molecule has 0 aliphatic carbocycles. The zero-order valence-corrected chi connectivity index (χ0v) is 11.5. The molecular weight excluding hydrogens is 242 g/mol. The molecule has 19 heavy (non-hydrogen) atoms. The fraction of sp³-hybridized carbons (Fsp3) is 0.692. The first-order valence-corrected chi connectivity index (χ1v) is 6.88. The Morgan fingerprint density at radius 3 is 2.79 bits per heavy atom. The molecule has 1 aromatic heterocycles. The Bertz CT molecular complexity index is 409. The highest BCUT2D eigenvalue weighted by Gasteiger charge is 2.18. The predicted molar refractivity (Wildman–Crippen MR) is 74.5 cm³/mol. The monoisotopic (exact) mass is 265 g/mol. The van der Waals surface area contributed by atoms with E-state index < -0.39 is 0 Å². The third-order valence-electron chi connectivity index (χ3n) is 3.65. The number of nitrogen functional groups attached to an aromatic ring is 1. The van der Waals surface area contributed by atoms with Crippen molar-refractivity contribution in [3.8, 4) is 0 Å². The largest absolute Gasteiger partial charge is 0.396 e. The van der Waals surface area contributed by atoms with Crippen LogP contribution in [0.4, 0.5) is 5.69 Å². The number of nitrogens with one attached hydrogen (secondary N) is 1. The maximum atomic E-state index is 10.9. The first kappa shape index (κ1) is 13.9. The Labute approximate surface area is 113 Å². The minimum absolute atomic E-state index is 0.0682. The molecular formula is C13H23N5O. The molecule has 1 amide bonds.